The minimum Gasteiger partial charge on any atom is -0.457 e. The van der Waals surface area contributed by atoms with Crippen molar-refractivity contribution < 1.29 is 43.9 Å². The van der Waals surface area contributed by atoms with Gasteiger partial charge in [-0.05, 0) is 51.7 Å². The van der Waals surface area contributed by atoms with E-state index in [0.29, 0.717) is 45.4 Å². The quantitative estimate of drug-likeness (QED) is 0.122. The molecule has 11 heteroatoms. The van der Waals surface area contributed by atoms with Gasteiger partial charge in [0.05, 0.1) is 36.4 Å². The number of carbonyl (C=O) groups excluding carboxylic acids is 2. The summed E-state index contributed by atoms with van der Waals surface area (Å²) in [7, 11) is 1.55. The van der Waals surface area contributed by atoms with Crippen LogP contribution in [0.1, 0.15) is 73.6 Å². The molecule has 2 fully saturated rings. The predicted molar refractivity (Wildman–Crippen MR) is 170 cm³/mol. The molecule has 0 aliphatic carbocycles. The molecule has 3 heterocycles. The number of aliphatic hydroxyl groups excluding tert-OH is 2. The molecule has 5 unspecified atom stereocenters. The molecule has 10 atom stereocenters. The summed E-state index contributed by atoms with van der Waals surface area (Å²) in [5.74, 6) is -0.833. The normalized spacial score (nSPS) is 34.7. The average Bonchev–Trinajstić information content (AvgIpc) is 3.77. The average molecular weight is 637 g/mol. The van der Waals surface area contributed by atoms with Crippen molar-refractivity contribution in [3.63, 3.8) is 0 Å². The number of epoxide rings is 1. The topological polar surface area (TPSA) is 150 Å². The third-order valence-electron chi connectivity index (χ3n) is 9.42. The summed E-state index contributed by atoms with van der Waals surface area (Å²) in [6, 6.07) is 0. The lowest BCUT2D eigenvalue weighted by Gasteiger charge is -2.37. The Hall–Kier alpha value is -2.28. The molecule has 1 amide bonds. The number of nitrogens with one attached hydrogen (secondary N) is 1. The fourth-order valence-electron chi connectivity index (χ4n) is 6.04. The summed E-state index contributed by atoms with van der Waals surface area (Å²) in [4.78, 5) is 27.6. The van der Waals surface area contributed by atoms with E-state index in [1.54, 1.807) is 43.2 Å². The Morgan fingerprint density at radius 1 is 1.31 bits per heavy atom. The van der Waals surface area contributed by atoms with Crippen LogP contribution in [0.2, 0.25) is 0 Å². The van der Waals surface area contributed by atoms with Crippen LogP contribution in [0.4, 0.5) is 4.79 Å². The second-order valence-corrected chi connectivity index (χ2v) is 13.4. The number of esters is 1. The van der Waals surface area contributed by atoms with Gasteiger partial charge in [0.2, 0.25) is 0 Å². The number of allylic oxidation sites excluding steroid dienone is 2. The number of rotatable bonds is 10. The minimum absolute atomic E-state index is 0.00213. The van der Waals surface area contributed by atoms with E-state index in [0.717, 1.165) is 5.57 Å². The van der Waals surface area contributed by atoms with Crippen molar-refractivity contribution in [2.45, 2.75) is 121 Å². The largest absolute Gasteiger partial charge is 0.457 e. The Balaban J connectivity index is 1.77. The smallest absolute Gasteiger partial charge is 0.410 e. The maximum absolute atomic E-state index is 13.1. The third-order valence-corrected chi connectivity index (χ3v) is 9.42. The van der Waals surface area contributed by atoms with Gasteiger partial charge in [-0.25, -0.2) is 4.79 Å². The zero-order valence-electron chi connectivity index (χ0n) is 28.1. The summed E-state index contributed by atoms with van der Waals surface area (Å²) in [5, 5.41) is 35.0. The van der Waals surface area contributed by atoms with E-state index in [4.69, 9.17) is 18.9 Å². The molecule has 256 valence electrons. The van der Waals surface area contributed by atoms with Gasteiger partial charge < -0.3 is 44.5 Å². The molecule has 11 nitrogen and oxygen atoms in total. The number of aliphatic hydroxyl groups is 3. The maximum atomic E-state index is 13.1. The summed E-state index contributed by atoms with van der Waals surface area (Å²) < 4.78 is 23.5. The van der Waals surface area contributed by atoms with Crippen LogP contribution in [0.25, 0.3) is 0 Å². The fraction of sp³-hybridized carbons (Fsp3) is 0.765. The number of amides is 1. The number of nitrogens with zero attached hydrogens (tertiary/aromatic N) is 1. The van der Waals surface area contributed by atoms with Gasteiger partial charge in [-0.2, -0.15) is 0 Å². The molecule has 0 aromatic carbocycles. The number of hydrogen-bond donors (Lipinski definition) is 4. The highest BCUT2D eigenvalue weighted by atomic mass is 16.6. The van der Waals surface area contributed by atoms with Crippen LogP contribution in [0.15, 0.2) is 36.0 Å². The molecule has 3 aliphatic rings. The molecule has 3 rings (SSSR count). The summed E-state index contributed by atoms with van der Waals surface area (Å²) in [5.41, 5.74) is -1.34. The number of ether oxygens (including phenoxy) is 4. The Kier molecular flexibility index (Phi) is 13.6. The van der Waals surface area contributed by atoms with E-state index in [-0.39, 0.29) is 36.9 Å². The lowest BCUT2D eigenvalue weighted by Crippen LogP contribution is -2.50. The molecular formula is C34H56N2O9. The monoisotopic (exact) mass is 636 g/mol. The Labute approximate surface area is 268 Å². The third kappa shape index (κ3) is 10.9. The molecule has 2 saturated heterocycles. The SMILES string of the molecule is CC[C@H](O)[C@@H](C)[C@@H]1O[C@H]1C[C@@](C)(O)/C=C/C=C(\C)C1OC(=O)CC(O)CCC(C)(OC)C(OC(=O)N2CCNCC2)C=CC1C. The summed E-state index contributed by atoms with van der Waals surface area (Å²) in [6.07, 6.45) is 6.95. The Morgan fingerprint density at radius 3 is 2.64 bits per heavy atom. The van der Waals surface area contributed by atoms with Crippen LogP contribution in [0, 0.1) is 11.8 Å². The van der Waals surface area contributed by atoms with Crippen LogP contribution in [0.3, 0.4) is 0 Å². The number of carbonyl (C=O) groups is 2. The van der Waals surface area contributed by atoms with Gasteiger partial charge in [-0.1, -0.05) is 45.1 Å². The van der Waals surface area contributed by atoms with Gasteiger partial charge in [-0.3, -0.25) is 4.79 Å². The second-order valence-electron chi connectivity index (χ2n) is 13.4. The minimum atomic E-state index is -1.14. The highest BCUT2D eigenvalue weighted by molar-refractivity contribution is 5.70. The summed E-state index contributed by atoms with van der Waals surface area (Å²) in [6.45, 7) is 13.7. The standard InChI is InChI=1S/C34H56N2O9/c1-8-26(38)24(4)31-27(43-31)21-33(5,41)14-9-10-22(2)30-23(3)11-12-28(44-32(40)36-18-16-35-17-19-36)34(6,42-7)15-13-25(37)20-29(39)45-30/h9-12,14,23-28,30-31,35,37-38,41H,8,13,15-21H2,1-7H3/b12-11?,14-9+,22-10+/t23?,24-,25?,26+,27+,28?,30?,31+,33+,34?/m1/s1. The number of methoxy groups -OCH3 is 1. The first-order valence-electron chi connectivity index (χ1n) is 16.4. The number of piperazine rings is 1. The van der Waals surface area contributed by atoms with Crippen molar-refractivity contribution >= 4 is 12.1 Å². The van der Waals surface area contributed by atoms with E-state index in [2.05, 4.69) is 5.32 Å². The summed E-state index contributed by atoms with van der Waals surface area (Å²) >= 11 is 0. The molecule has 0 radical (unpaired) electrons. The van der Waals surface area contributed by atoms with Crippen molar-refractivity contribution in [1.29, 1.82) is 0 Å². The molecular weight excluding hydrogens is 580 g/mol. The molecule has 3 aliphatic heterocycles. The van der Waals surface area contributed by atoms with Gasteiger partial charge in [0.25, 0.3) is 0 Å². The second kappa shape index (κ2) is 16.5. The Bertz CT molecular complexity index is 1070. The first kappa shape index (κ1) is 37.2. The van der Waals surface area contributed by atoms with Crippen molar-refractivity contribution in [3.8, 4) is 0 Å². The highest BCUT2D eigenvalue weighted by Gasteiger charge is 2.47. The van der Waals surface area contributed by atoms with Crippen LogP contribution in [-0.2, 0) is 23.7 Å². The maximum Gasteiger partial charge on any atom is 0.410 e. The molecule has 0 bridgehead atoms. The van der Waals surface area contributed by atoms with Crippen LogP contribution in [0.5, 0.6) is 0 Å². The van der Waals surface area contributed by atoms with Crippen molar-refractivity contribution in [3.05, 3.63) is 36.0 Å². The van der Waals surface area contributed by atoms with Gasteiger partial charge in [0.1, 0.15) is 11.7 Å². The molecule has 0 saturated carbocycles. The first-order chi connectivity index (χ1) is 21.2. The molecule has 4 N–H and O–H groups in total. The zero-order chi connectivity index (χ0) is 33.4. The van der Waals surface area contributed by atoms with Crippen LogP contribution in [-0.4, -0.2) is 113 Å². The van der Waals surface area contributed by atoms with Gasteiger partial charge in [-0.15, -0.1) is 0 Å². The molecule has 45 heavy (non-hydrogen) atoms. The first-order valence-corrected chi connectivity index (χ1v) is 16.4. The highest BCUT2D eigenvalue weighted by Crippen LogP contribution is 2.37. The van der Waals surface area contributed by atoms with E-state index in [9.17, 15) is 24.9 Å². The fourth-order valence-corrected chi connectivity index (χ4v) is 6.04. The zero-order valence-corrected chi connectivity index (χ0v) is 28.1. The molecule has 0 aromatic rings. The lowest BCUT2D eigenvalue weighted by molar-refractivity contribution is -0.151. The van der Waals surface area contributed by atoms with E-state index < -0.39 is 47.7 Å². The number of hydrogen-bond acceptors (Lipinski definition) is 10. The molecule has 0 spiro atoms. The van der Waals surface area contributed by atoms with Crippen molar-refractivity contribution in [2.24, 2.45) is 11.8 Å². The van der Waals surface area contributed by atoms with Crippen molar-refractivity contribution in [2.75, 3.05) is 33.3 Å². The van der Waals surface area contributed by atoms with Gasteiger partial charge >= 0.3 is 12.1 Å². The van der Waals surface area contributed by atoms with E-state index >= 15 is 0 Å². The van der Waals surface area contributed by atoms with E-state index in [1.165, 1.54) is 0 Å². The van der Waals surface area contributed by atoms with Crippen LogP contribution < -0.4 is 5.32 Å². The lowest BCUT2D eigenvalue weighted by atomic mass is 9.88. The van der Waals surface area contributed by atoms with Crippen LogP contribution >= 0.6 is 0 Å². The van der Waals surface area contributed by atoms with Crippen molar-refractivity contribution in [1.82, 2.24) is 10.2 Å². The molecule has 0 aromatic heterocycles. The van der Waals surface area contributed by atoms with Gasteiger partial charge in [0, 0.05) is 51.5 Å². The van der Waals surface area contributed by atoms with E-state index in [1.807, 2.05) is 40.7 Å². The van der Waals surface area contributed by atoms with Gasteiger partial charge in [0.15, 0.2) is 6.10 Å². The predicted octanol–water partition coefficient (Wildman–Crippen LogP) is 3.27. The Morgan fingerprint density at radius 2 is 2.00 bits per heavy atom. The number of cyclic esters (lactones) is 1.